The van der Waals surface area contributed by atoms with E-state index >= 15 is 0 Å². The van der Waals surface area contributed by atoms with Gasteiger partial charge in [-0.3, -0.25) is 14.4 Å². The van der Waals surface area contributed by atoms with Gasteiger partial charge < -0.3 is 14.2 Å². The summed E-state index contributed by atoms with van der Waals surface area (Å²) in [6.45, 7) is 6.43. The summed E-state index contributed by atoms with van der Waals surface area (Å²) in [5.74, 6) is -0.957. The molecule has 0 bridgehead atoms. The van der Waals surface area contributed by atoms with Crippen molar-refractivity contribution >= 4 is 17.9 Å². The quantitative estimate of drug-likeness (QED) is 0.0200. The molecule has 6 heteroatoms. The van der Waals surface area contributed by atoms with Gasteiger partial charge in [0.05, 0.1) is 0 Å². The molecule has 350 valence electrons. The molecule has 0 N–H and O–H groups in total. The van der Waals surface area contributed by atoms with Gasteiger partial charge in [0.1, 0.15) is 13.2 Å². The van der Waals surface area contributed by atoms with Crippen LogP contribution in [0.15, 0.2) is 72.9 Å². The first-order chi connectivity index (χ1) is 30.0. The van der Waals surface area contributed by atoms with Crippen LogP contribution in [0.25, 0.3) is 0 Å². The van der Waals surface area contributed by atoms with Gasteiger partial charge in [-0.15, -0.1) is 0 Å². The van der Waals surface area contributed by atoms with Crippen LogP contribution in [-0.4, -0.2) is 37.2 Å². The molecule has 0 rings (SSSR count). The fraction of sp³-hybridized carbons (Fsp3) is 0.727. The number of rotatable bonds is 45. The highest BCUT2D eigenvalue weighted by molar-refractivity contribution is 5.71. The maximum absolute atomic E-state index is 12.8. The van der Waals surface area contributed by atoms with Gasteiger partial charge >= 0.3 is 17.9 Å². The van der Waals surface area contributed by atoms with Gasteiger partial charge in [0.25, 0.3) is 0 Å². The van der Waals surface area contributed by atoms with Crippen molar-refractivity contribution in [3.63, 3.8) is 0 Å². The summed E-state index contributed by atoms with van der Waals surface area (Å²) in [6.07, 6.45) is 61.7. The van der Waals surface area contributed by atoms with Crippen LogP contribution in [0.4, 0.5) is 0 Å². The Morgan fingerprint density at radius 2 is 0.689 bits per heavy atom. The molecule has 0 aromatic rings. The number of ether oxygens (including phenoxy) is 3. The van der Waals surface area contributed by atoms with E-state index in [1.165, 1.54) is 103 Å². The number of esters is 3. The Bertz CT molecular complexity index is 1160. The zero-order valence-electron chi connectivity index (χ0n) is 39.9. The van der Waals surface area contributed by atoms with E-state index < -0.39 is 6.10 Å². The van der Waals surface area contributed by atoms with Gasteiger partial charge in [0.2, 0.25) is 0 Å². The smallest absolute Gasteiger partial charge is 0.306 e. The van der Waals surface area contributed by atoms with Gasteiger partial charge in [-0.25, -0.2) is 0 Å². The molecule has 61 heavy (non-hydrogen) atoms. The van der Waals surface area contributed by atoms with Crippen LogP contribution in [0.2, 0.25) is 0 Å². The second-order valence-electron chi connectivity index (χ2n) is 16.7. The van der Waals surface area contributed by atoms with Crippen LogP contribution in [0, 0.1) is 0 Å². The van der Waals surface area contributed by atoms with E-state index in [-0.39, 0.29) is 31.1 Å². The maximum atomic E-state index is 12.8. The molecule has 6 nitrogen and oxygen atoms in total. The Hall–Kier alpha value is -3.15. The predicted octanol–water partition coefficient (Wildman–Crippen LogP) is 16.6. The summed E-state index contributed by atoms with van der Waals surface area (Å²) in [4.78, 5) is 37.9. The van der Waals surface area contributed by atoms with Crippen molar-refractivity contribution in [2.24, 2.45) is 0 Å². The maximum Gasteiger partial charge on any atom is 0.306 e. The number of carbonyl (C=O) groups excluding carboxylic acids is 3. The van der Waals surface area contributed by atoms with Crippen molar-refractivity contribution in [3.05, 3.63) is 72.9 Å². The monoisotopic (exact) mass is 851 g/mol. The molecule has 0 fully saturated rings. The lowest BCUT2D eigenvalue weighted by Gasteiger charge is -2.18. The number of allylic oxidation sites excluding steroid dienone is 12. The summed E-state index contributed by atoms with van der Waals surface area (Å²) in [7, 11) is 0. The summed E-state index contributed by atoms with van der Waals surface area (Å²) < 4.78 is 16.7. The highest BCUT2D eigenvalue weighted by Gasteiger charge is 2.19. The standard InChI is InChI=1S/C55H94O6/c1-4-7-10-13-16-19-22-25-27-29-30-33-36-39-42-45-48-54(57)60-51-52(50-59-53(56)47-44-41-38-35-32-24-21-18-15-12-9-6-3)61-55(58)49-46-43-40-37-34-31-28-26-23-20-17-14-11-8-5-2/h9,12,17-18,20-21,23,26-27,29,32,35,52H,4-8,10-11,13-16,19,22,24-25,28,30-31,33-34,36-51H2,1-3H3/b12-9-,20-17-,21-18-,26-23-,29-27-,35-32-. The molecule has 0 aliphatic carbocycles. The van der Waals surface area contributed by atoms with Crippen molar-refractivity contribution < 1.29 is 28.6 Å². The summed E-state index contributed by atoms with van der Waals surface area (Å²) >= 11 is 0. The Labute approximate surface area is 376 Å². The molecule has 0 aliphatic heterocycles. The third kappa shape index (κ3) is 47.7. The van der Waals surface area contributed by atoms with E-state index in [1.807, 2.05) is 0 Å². The average molecular weight is 851 g/mol. The molecule has 1 unspecified atom stereocenters. The molecular formula is C55H94O6. The molecule has 0 saturated heterocycles. The Morgan fingerprint density at radius 3 is 1.18 bits per heavy atom. The molecule has 0 saturated carbocycles. The van der Waals surface area contributed by atoms with Crippen LogP contribution in [0.3, 0.4) is 0 Å². The molecule has 0 aliphatic rings. The topological polar surface area (TPSA) is 78.9 Å². The number of carbonyl (C=O) groups is 3. The van der Waals surface area contributed by atoms with E-state index in [0.717, 1.165) is 96.3 Å². The summed E-state index contributed by atoms with van der Waals surface area (Å²) in [6, 6.07) is 0. The minimum atomic E-state index is -0.799. The van der Waals surface area contributed by atoms with Gasteiger partial charge in [-0.2, -0.15) is 0 Å². The van der Waals surface area contributed by atoms with Crippen LogP contribution in [0.1, 0.15) is 239 Å². The van der Waals surface area contributed by atoms with E-state index in [0.29, 0.717) is 19.3 Å². The Balaban J connectivity index is 4.45. The van der Waals surface area contributed by atoms with Crippen LogP contribution in [0.5, 0.6) is 0 Å². The third-order valence-electron chi connectivity index (χ3n) is 10.7. The van der Waals surface area contributed by atoms with Crippen LogP contribution < -0.4 is 0 Å². The zero-order valence-corrected chi connectivity index (χ0v) is 39.9. The first kappa shape index (κ1) is 57.9. The first-order valence-corrected chi connectivity index (χ1v) is 25.5. The summed E-state index contributed by atoms with van der Waals surface area (Å²) in [5, 5.41) is 0. The fourth-order valence-electron chi connectivity index (χ4n) is 6.85. The highest BCUT2D eigenvalue weighted by Crippen LogP contribution is 2.13. The molecule has 0 aromatic carbocycles. The second-order valence-corrected chi connectivity index (χ2v) is 16.7. The van der Waals surface area contributed by atoms with Gasteiger partial charge in [0, 0.05) is 19.3 Å². The largest absolute Gasteiger partial charge is 0.462 e. The molecular weight excluding hydrogens is 757 g/mol. The minimum Gasteiger partial charge on any atom is -0.462 e. The summed E-state index contributed by atoms with van der Waals surface area (Å²) in [5.41, 5.74) is 0. The Morgan fingerprint density at radius 1 is 0.361 bits per heavy atom. The molecule has 1 atom stereocenters. The van der Waals surface area contributed by atoms with Gasteiger partial charge in [0.15, 0.2) is 6.10 Å². The third-order valence-corrected chi connectivity index (χ3v) is 10.7. The predicted molar refractivity (Wildman–Crippen MR) is 261 cm³/mol. The number of hydrogen-bond acceptors (Lipinski definition) is 6. The number of unbranched alkanes of at least 4 members (excludes halogenated alkanes) is 23. The number of hydrogen-bond donors (Lipinski definition) is 0. The van der Waals surface area contributed by atoms with E-state index in [9.17, 15) is 14.4 Å². The van der Waals surface area contributed by atoms with Crippen molar-refractivity contribution in [1.29, 1.82) is 0 Å². The molecule has 0 heterocycles. The molecule has 0 aromatic heterocycles. The molecule has 0 amide bonds. The van der Waals surface area contributed by atoms with Crippen molar-refractivity contribution in [3.8, 4) is 0 Å². The lowest BCUT2D eigenvalue weighted by Crippen LogP contribution is -2.30. The SMILES string of the molecule is CC/C=C\C/C=C\C/C=C\CCCCC(=O)OCC(COC(=O)CCCCCCC/C=C\CCCCCCCCC)OC(=O)CCCCCCCC/C=C\C=C/CCCCC. The van der Waals surface area contributed by atoms with Gasteiger partial charge in [-0.05, 0) is 103 Å². The zero-order chi connectivity index (χ0) is 44.4. The van der Waals surface area contributed by atoms with E-state index in [2.05, 4.69) is 93.7 Å². The van der Waals surface area contributed by atoms with Crippen molar-refractivity contribution in [2.75, 3.05) is 13.2 Å². The average Bonchev–Trinajstić information content (AvgIpc) is 3.26. The molecule has 0 radical (unpaired) electrons. The van der Waals surface area contributed by atoms with E-state index in [1.54, 1.807) is 0 Å². The normalized spacial score (nSPS) is 12.6. The first-order valence-electron chi connectivity index (χ1n) is 25.5. The second kappa shape index (κ2) is 49.5. The van der Waals surface area contributed by atoms with Gasteiger partial charge in [-0.1, -0.05) is 190 Å². The fourth-order valence-corrected chi connectivity index (χ4v) is 6.85. The molecule has 0 spiro atoms. The lowest BCUT2D eigenvalue weighted by atomic mass is 10.1. The van der Waals surface area contributed by atoms with Crippen LogP contribution >= 0.6 is 0 Å². The van der Waals surface area contributed by atoms with E-state index in [4.69, 9.17) is 14.2 Å². The Kier molecular flexibility index (Phi) is 46.9. The highest BCUT2D eigenvalue weighted by atomic mass is 16.6. The lowest BCUT2D eigenvalue weighted by molar-refractivity contribution is -0.167. The van der Waals surface area contributed by atoms with Crippen molar-refractivity contribution in [2.45, 2.75) is 245 Å². The van der Waals surface area contributed by atoms with Crippen molar-refractivity contribution in [1.82, 2.24) is 0 Å². The van der Waals surface area contributed by atoms with Crippen LogP contribution in [-0.2, 0) is 28.6 Å². The minimum absolute atomic E-state index is 0.0970.